The van der Waals surface area contributed by atoms with Gasteiger partial charge in [-0.1, -0.05) is 0 Å². The van der Waals surface area contributed by atoms with Gasteiger partial charge in [0.05, 0.1) is 23.4 Å². The van der Waals surface area contributed by atoms with Crippen molar-refractivity contribution in [1.82, 2.24) is 4.98 Å². The van der Waals surface area contributed by atoms with Gasteiger partial charge in [-0.25, -0.2) is 4.98 Å². The Kier molecular flexibility index (Phi) is 4.62. The van der Waals surface area contributed by atoms with Gasteiger partial charge >= 0.3 is 6.18 Å². The Labute approximate surface area is 148 Å². The standard InChI is InChI=1S/C18H18F3N3O2/c1-9-4-11(18(19,20)21)5-15(26)16(9)14-3-2-10(17(22)24-14)8-23-12-6-13(25)7-12/h2-5,8,12-13,25-26H,6-7H2,1H3,(H2,22,24). The summed E-state index contributed by atoms with van der Waals surface area (Å²) >= 11 is 0. The van der Waals surface area contributed by atoms with Gasteiger partial charge in [0, 0.05) is 17.3 Å². The molecule has 0 unspecified atom stereocenters. The van der Waals surface area contributed by atoms with Gasteiger partial charge in [0.2, 0.25) is 0 Å². The lowest BCUT2D eigenvalue weighted by Gasteiger charge is -2.27. The largest absolute Gasteiger partial charge is 0.507 e. The van der Waals surface area contributed by atoms with Gasteiger partial charge in [0.1, 0.15) is 11.6 Å². The first kappa shape index (κ1) is 18.2. The molecule has 1 fully saturated rings. The number of aromatic nitrogens is 1. The molecule has 0 saturated heterocycles. The van der Waals surface area contributed by atoms with E-state index in [2.05, 4.69) is 9.98 Å². The molecule has 1 aromatic carbocycles. The number of rotatable bonds is 3. The van der Waals surface area contributed by atoms with Crippen molar-refractivity contribution in [3.8, 4) is 17.0 Å². The molecule has 1 aliphatic rings. The Morgan fingerprint density at radius 2 is 1.96 bits per heavy atom. The number of aryl methyl sites for hydroxylation is 1. The van der Waals surface area contributed by atoms with E-state index in [0.717, 1.165) is 6.07 Å². The van der Waals surface area contributed by atoms with Gasteiger partial charge in [-0.15, -0.1) is 0 Å². The van der Waals surface area contributed by atoms with Crippen LogP contribution in [0.4, 0.5) is 19.0 Å². The summed E-state index contributed by atoms with van der Waals surface area (Å²) in [6.07, 6.45) is -2.05. The zero-order valence-electron chi connectivity index (χ0n) is 14.0. The highest BCUT2D eigenvalue weighted by molar-refractivity contribution is 5.87. The van der Waals surface area contributed by atoms with Crippen molar-refractivity contribution in [2.75, 3.05) is 5.73 Å². The van der Waals surface area contributed by atoms with Crippen molar-refractivity contribution in [2.45, 2.75) is 38.1 Å². The highest BCUT2D eigenvalue weighted by Gasteiger charge is 2.32. The minimum atomic E-state index is -4.54. The van der Waals surface area contributed by atoms with E-state index in [-0.39, 0.29) is 34.8 Å². The van der Waals surface area contributed by atoms with Crippen LogP contribution < -0.4 is 5.73 Å². The van der Waals surface area contributed by atoms with E-state index in [1.165, 1.54) is 6.92 Å². The van der Waals surface area contributed by atoms with Gasteiger partial charge in [-0.2, -0.15) is 13.2 Å². The summed E-state index contributed by atoms with van der Waals surface area (Å²) in [6, 6.07) is 4.92. The summed E-state index contributed by atoms with van der Waals surface area (Å²) < 4.78 is 38.5. The highest BCUT2D eigenvalue weighted by Crippen LogP contribution is 2.38. The first-order chi connectivity index (χ1) is 12.1. The van der Waals surface area contributed by atoms with Crippen LogP contribution in [0.5, 0.6) is 5.75 Å². The zero-order valence-corrected chi connectivity index (χ0v) is 14.0. The van der Waals surface area contributed by atoms with Gasteiger partial charge in [0.25, 0.3) is 0 Å². The molecule has 0 aliphatic heterocycles. The summed E-state index contributed by atoms with van der Waals surface area (Å²) in [6.45, 7) is 1.47. The van der Waals surface area contributed by atoms with Gasteiger partial charge in [0.15, 0.2) is 0 Å². The van der Waals surface area contributed by atoms with Crippen LogP contribution in [0, 0.1) is 6.92 Å². The summed E-state index contributed by atoms with van der Waals surface area (Å²) in [5, 5.41) is 19.3. The molecule has 0 atom stereocenters. The number of hydrogen-bond donors (Lipinski definition) is 3. The normalized spacial score (nSPS) is 20.3. The molecule has 1 heterocycles. The first-order valence-electron chi connectivity index (χ1n) is 8.04. The molecule has 0 bridgehead atoms. The van der Waals surface area contributed by atoms with Crippen molar-refractivity contribution in [1.29, 1.82) is 0 Å². The average molecular weight is 365 g/mol. The molecule has 1 saturated carbocycles. The number of hydrogen-bond acceptors (Lipinski definition) is 5. The van der Waals surface area contributed by atoms with Crippen molar-refractivity contribution in [3.63, 3.8) is 0 Å². The van der Waals surface area contributed by atoms with Crippen LogP contribution in [0.25, 0.3) is 11.3 Å². The second-order valence-corrected chi connectivity index (χ2v) is 6.41. The van der Waals surface area contributed by atoms with Crippen LogP contribution in [0.1, 0.15) is 29.5 Å². The van der Waals surface area contributed by atoms with Gasteiger partial charge in [-0.3, -0.25) is 4.99 Å². The van der Waals surface area contributed by atoms with E-state index in [1.54, 1.807) is 18.3 Å². The van der Waals surface area contributed by atoms with Crippen LogP contribution in [-0.4, -0.2) is 33.6 Å². The number of pyridine rings is 1. The Hall–Kier alpha value is -2.61. The zero-order chi connectivity index (χ0) is 19.1. The Balaban J connectivity index is 1.89. The lowest BCUT2D eigenvalue weighted by Crippen LogP contribution is -2.31. The number of aliphatic hydroxyl groups excluding tert-OH is 1. The Bertz CT molecular complexity index is 836. The number of phenols is 1. The van der Waals surface area contributed by atoms with E-state index >= 15 is 0 Å². The molecule has 5 nitrogen and oxygen atoms in total. The van der Waals surface area contributed by atoms with Crippen LogP contribution in [0.2, 0.25) is 0 Å². The molecule has 1 aromatic heterocycles. The van der Waals surface area contributed by atoms with Crippen molar-refractivity contribution < 1.29 is 23.4 Å². The summed E-state index contributed by atoms with van der Waals surface area (Å²) in [5.74, 6) is -0.348. The van der Waals surface area contributed by atoms with Crippen LogP contribution in [0.3, 0.4) is 0 Å². The van der Waals surface area contributed by atoms with Crippen molar-refractivity contribution >= 4 is 12.0 Å². The third-order valence-corrected chi connectivity index (χ3v) is 4.37. The van der Waals surface area contributed by atoms with Crippen molar-refractivity contribution in [3.05, 3.63) is 41.0 Å². The van der Waals surface area contributed by atoms with E-state index in [1.807, 2.05) is 0 Å². The minimum absolute atomic E-state index is 0.0604. The highest BCUT2D eigenvalue weighted by atomic mass is 19.4. The quantitative estimate of drug-likeness (QED) is 0.728. The molecule has 8 heteroatoms. The average Bonchev–Trinajstić information content (AvgIpc) is 2.50. The summed E-state index contributed by atoms with van der Waals surface area (Å²) in [7, 11) is 0. The summed E-state index contributed by atoms with van der Waals surface area (Å²) in [5.41, 5.74) is 6.29. The van der Waals surface area contributed by atoms with Gasteiger partial charge in [-0.05, 0) is 49.6 Å². The number of aliphatic hydroxyl groups is 1. The summed E-state index contributed by atoms with van der Waals surface area (Å²) in [4.78, 5) is 8.50. The fourth-order valence-electron chi connectivity index (χ4n) is 2.87. The third kappa shape index (κ3) is 3.65. The molecular formula is C18H18F3N3O2. The number of aromatic hydroxyl groups is 1. The lowest BCUT2D eigenvalue weighted by atomic mass is 9.90. The SMILES string of the molecule is Cc1cc(C(F)(F)F)cc(O)c1-c1ccc(C=NC2CC(O)C2)c(N)n1. The van der Waals surface area contributed by atoms with Crippen LogP contribution >= 0.6 is 0 Å². The number of benzene rings is 1. The molecule has 3 rings (SSSR count). The number of nitrogens with two attached hydrogens (primary N) is 1. The molecule has 138 valence electrons. The van der Waals surface area contributed by atoms with Crippen LogP contribution in [0.15, 0.2) is 29.3 Å². The Morgan fingerprint density at radius 3 is 2.50 bits per heavy atom. The van der Waals surface area contributed by atoms with E-state index in [0.29, 0.717) is 24.5 Å². The number of nitrogens with zero attached hydrogens (tertiary/aromatic N) is 2. The molecule has 0 spiro atoms. The number of halogens is 3. The van der Waals surface area contributed by atoms with E-state index in [9.17, 15) is 23.4 Å². The third-order valence-electron chi connectivity index (χ3n) is 4.37. The molecule has 2 aromatic rings. The number of anilines is 1. The van der Waals surface area contributed by atoms with Crippen LogP contribution in [-0.2, 0) is 6.18 Å². The number of phenolic OH excluding ortho intramolecular Hbond substituents is 1. The molecule has 1 aliphatic carbocycles. The number of alkyl halides is 3. The topological polar surface area (TPSA) is 91.7 Å². The molecule has 0 amide bonds. The molecule has 4 N–H and O–H groups in total. The molecule has 26 heavy (non-hydrogen) atoms. The smallest absolute Gasteiger partial charge is 0.416 e. The maximum atomic E-state index is 12.8. The number of aliphatic imine (C=N–C) groups is 1. The number of nitrogen functional groups attached to an aromatic ring is 1. The van der Waals surface area contributed by atoms with Gasteiger partial charge < -0.3 is 15.9 Å². The predicted octanol–water partition coefficient (Wildman–Crippen LogP) is 3.31. The minimum Gasteiger partial charge on any atom is -0.507 e. The predicted molar refractivity (Wildman–Crippen MR) is 92.1 cm³/mol. The first-order valence-corrected chi connectivity index (χ1v) is 8.04. The fourth-order valence-corrected chi connectivity index (χ4v) is 2.87. The Morgan fingerprint density at radius 1 is 1.27 bits per heavy atom. The lowest BCUT2D eigenvalue weighted by molar-refractivity contribution is -0.137. The molecule has 0 radical (unpaired) electrons. The second-order valence-electron chi connectivity index (χ2n) is 6.41. The van der Waals surface area contributed by atoms with E-state index in [4.69, 9.17) is 5.73 Å². The maximum Gasteiger partial charge on any atom is 0.416 e. The van der Waals surface area contributed by atoms with E-state index < -0.39 is 17.5 Å². The monoisotopic (exact) mass is 365 g/mol. The van der Waals surface area contributed by atoms with Crippen molar-refractivity contribution in [2.24, 2.45) is 4.99 Å². The second kappa shape index (κ2) is 6.60. The fraction of sp³-hybridized carbons (Fsp3) is 0.333. The maximum absolute atomic E-state index is 12.8. The molecular weight excluding hydrogens is 347 g/mol.